The summed E-state index contributed by atoms with van der Waals surface area (Å²) in [7, 11) is -3.51. The summed E-state index contributed by atoms with van der Waals surface area (Å²) >= 11 is 11.9. The molecule has 1 heterocycles. The van der Waals surface area contributed by atoms with Gasteiger partial charge in [0.25, 0.3) is 0 Å². The van der Waals surface area contributed by atoms with Crippen LogP contribution in [0.1, 0.15) is 44.1 Å². The number of nitrogens with one attached hydrogen (secondary N) is 1. The van der Waals surface area contributed by atoms with Gasteiger partial charge in [-0.05, 0) is 43.4 Å². The van der Waals surface area contributed by atoms with E-state index in [9.17, 15) is 13.2 Å². The lowest BCUT2D eigenvalue weighted by Crippen LogP contribution is -2.47. The zero-order chi connectivity index (χ0) is 18.7. The fraction of sp³-hybridized carbons (Fsp3) is 0.611. The molecule has 1 aromatic carbocycles. The molecule has 2 aliphatic rings. The van der Waals surface area contributed by atoms with Gasteiger partial charge in [0.15, 0.2) is 0 Å². The normalized spacial score (nSPS) is 22.5. The van der Waals surface area contributed by atoms with E-state index in [0.29, 0.717) is 28.6 Å². The molecule has 0 bridgehead atoms. The van der Waals surface area contributed by atoms with Gasteiger partial charge in [-0.2, -0.15) is 0 Å². The summed E-state index contributed by atoms with van der Waals surface area (Å²) < 4.78 is 27.0. The van der Waals surface area contributed by atoms with Crippen LogP contribution >= 0.6 is 23.2 Å². The van der Waals surface area contributed by atoms with Crippen molar-refractivity contribution in [3.8, 4) is 0 Å². The molecule has 1 N–H and O–H groups in total. The van der Waals surface area contributed by atoms with Crippen LogP contribution in [0.15, 0.2) is 18.2 Å². The van der Waals surface area contributed by atoms with Crippen LogP contribution in [0, 0.1) is 5.92 Å². The first-order valence-corrected chi connectivity index (χ1v) is 11.4. The monoisotopic (exact) mass is 418 g/mol. The first-order chi connectivity index (χ1) is 12.3. The van der Waals surface area contributed by atoms with Crippen molar-refractivity contribution in [2.24, 2.45) is 5.92 Å². The first kappa shape index (κ1) is 19.9. The van der Waals surface area contributed by atoms with E-state index in [0.717, 1.165) is 32.1 Å². The second kappa shape index (κ2) is 8.46. The minimum Gasteiger partial charge on any atom is -0.353 e. The maximum Gasteiger partial charge on any atom is 0.224 e. The lowest BCUT2D eigenvalue weighted by molar-refractivity contribution is -0.126. The van der Waals surface area contributed by atoms with Gasteiger partial charge in [0.2, 0.25) is 15.9 Å². The summed E-state index contributed by atoms with van der Waals surface area (Å²) in [5, 5.41) is 3.83. The number of hydrogen-bond acceptors (Lipinski definition) is 3. The summed E-state index contributed by atoms with van der Waals surface area (Å²) in [6.45, 7) is 0.707. The number of nitrogens with zero attached hydrogens (tertiary/aromatic N) is 1. The molecule has 1 aromatic rings. The Hall–Kier alpha value is -0.820. The van der Waals surface area contributed by atoms with Crippen LogP contribution in [0.5, 0.6) is 0 Å². The number of halogens is 2. The maximum atomic E-state index is 12.8. The van der Waals surface area contributed by atoms with Crippen molar-refractivity contribution >= 4 is 39.1 Å². The zero-order valence-corrected chi connectivity index (χ0v) is 16.9. The summed E-state index contributed by atoms with van der Waals surface area (Å²) in [5.74, 6) is -0.416. The number of benzene rings is 1. The van der Waals surface area contributed by atoms with Crippen LogP contribution in [0.2, 0.25) is 10.0 Å². The van der Waals surface area contributed by atoms with E-state index in [4.69, 9.17) is 23.2 Å². The van der Waals surface area contributed by atoms with Crippen LogP contribution in [0.3, 0.4) is 0 Å². The minimum atomic E-state index is -3.51. The predicted octanol–water partition coefficient (Wildman–Crippen LogP) is 3.59. The van der Waals surface area contributed by atoms with Crippen LogP contribution in [0.4, 0.5) is 0 Å². The first-order valence-electron chi connectivity index (χ1n) is 9.07. The number of piperidine rings is 1. The van der Waals surface area contributed by atoms with E-state index in [1.165, 1.54) is 4.31 Å². The maximum absolute atomic E-state index is 12.8. The van der Waals surface area contributed by atoms with Gasteiger partial charge in [0.1, 0.15) is 0 Å². The molecule has 0 radical (unpaired) electrons. The molecule has 0 aromatic heterocycles. The Balaban J connectivity index is 1.63. The lowest BCUT2D eigenvalue weighted by atomic mass is 9.98. The van der Waals surface area contributed by atoms with Crippen molar-refractivity contribution < 1.29 is 13.2 Å². The van der Waals surface area contributed by atoms with Gasteiger partial charge in [0, 0.05) is 19.1 Å². The van der Waals surface area contributed by atoms with Crippen molar-refractivity contribution in [3.05, 3.63) is 33.8 Å². The Bertz CT molecular complexity index is 764. The number of rotatable bonds is 5. The Morgan fingerprint density at radius 1 is 1.12 bits per heavy atom. The standard InChI is InChI=1S/C18H24Cl2N2O3S/c19-16-8-7-13(10-17(16)20)12-26(24,25)22-9-3-4-14(11-22)18(23)21-15-5-1-2-6-15/h7-8,10,14-15H,1-6,9,11-12H2,(H,21,23). The highest BCUT2D eigenvalue weighted by Gasteiger charge is 2.33. The summed E-state index contributed by atoms with van der Waals surface area (Å²) in [5.41, 5.74) is 0.594. The molecule has 1 atom stereocenters. The molecular formula is C18H24Cl2N2O3S. The van der Waals surface area contributed by atoms with Crippen LogP contribution in [-0.4, -0.2) is 37.8 Å². The van der Waals surface area contributed by atoms with Gasteiger partial charge in [-0.3, -0.25) is 4.79 Å². The number of amides is 1. The van der Waals surface area contributed by atoms with Crippen molar-refractivity contribution in [2.75, 3.05) is 13.1 Å². The van der Waals surface area contributed by atoms with Gasteiger partial charge in [0.05, 0.1) is 21.7 Å². The van der Waals surface area contributed by atoms with Crippen LogP contribution in [0.25, 0.3) is 0 Å². The van der Waals surface area contributed by atoms with Gasteiger partial charge in [-0.1, -0.05) is 42.1 Å². The molecule has 8 heteroatoms. The Morgan fingerprint density at radius 2 is 1.85 bits per heavy atom. The van der Waals surface area contributed by atoms with Crippen LogP contribution in [-0.2, 0) is 20.6 Å². The number of hydrogen-bond donors (Lipinski definition) is 1. The van der Waals surface area contributed by atoms with E-state index in [-0.39, 0.29) is 30.2 Å². The Kier molecular flexibility index (Phi) is 6.49. The second-order valence-electron chi connectivity index (χ2n) is 7.19. The van der Waals surface area contributed by atoms with Crippen molar-refractivity contribution in [2.45, 2.75) is 50.3 Å². The van der Waals surface area contributed by atoms with E-state index >= 15 is 0 Å². The lowest BCUT2D eigenvalue weighted by Gasteiger charge is -2.32. The molecule has 1 aliphatic heterocycles. The summed E-state index contributed by atoms with van der Waals surface area (Å²) in [6, 6.07) is 5.10. The molecular weight excluding hydrogens is 395 g/mol. The third kappa shape index (κ3) is 4.91. The second-order valence-corrected chi connectivity index (χ2v) is 9.98. The third-order valence-electron chi connectivity index (χ3n) is 5.18. The Labute approximate surface area is 165 Å². The topological polar surface area (TPSA) is 66.5 Å². The van der Waals surface area contributed by atoms with Crippen molar-refractivity contribution in [1.82, 2.24) is 9.62 Å². The largest absolute Gasteiger partial charge is 0.353 e. The quantitative estimate of drug-likeness (QED) is 0.793. The molecule has 1 saturated heterocycles. The molecule has 5 nitrogen and oxygen atoms in total. The highest BCUT2D eigenvalue weighted by atomic mass is 35.5. The highest BCUT2D eigenvalue weighted by molar-refractivity contribution is 7.88. The number of carbonyl (C=O) groups is 1. The van der Waals surface area contributed by atoms with E-state index in [1.54, 1.807) is 18.2 Å². The van der Waals surface area contributed by atoms with Gasteiger partial charge < -0.3 is 5.32 Å². The summed E-state index contributed by atoms with van der Waals surface area (Å²) in [4.78, 5) is 12.5. The SMILES string of the molecule is O=C(NC1CCCC1)C1CCCN(S(=O)(=O)Cc2ccc(Cl)c(Cl)c2)C1. The average Bonchev–Trinajstić information content (AvgIpc) is 3.11. The van der Waals surface area contributed by atoms with E-state index in [1.807, 2.05) is 0 Å². The molecule has 2 fully saturated rings. The smallest absolute Gasteiger partial charge is 0.224 e. The molecule has 1 unspecified atom stereocenters. The number of sulfonamides is 1. The highest BCUT2D eigenvalue weighted by Crippen LogP contribution is 2.26. The van der Waals surface area contributed by atoms with E-state index in [2.05, 4.69) is 5.32 Å². The zero-order valence-electron chi connectivity index (χ0n) is 14.6. The fourth-order valence-electron chi connectivity index (χ4n) is 3.73. The van der Waals surface area contributed by atoms with Crippen molar-refractivity contribution in [3.63, 3.8) is 0 Å². The minimum absolute atomic E-state index is 0.00802. The van der Waals surface area contributed by atoms with Crippen LogP contribution < -0.4 is 5.32 Å². The van der Waals surface area contributed by atoms with Gasteiger partial charge in [-0.15, -0.1) is 0 Å². The molecule has 1 aliphatic carbocycles. The van der Waals surface area contributed by atoms with Crippen molar-refractivity contribution in [1.29, 1.82) is 0 Å². The molecule has 1 saturated carbocycles. The molecule has 3 rings (SSSR count). The Morgan fingerprint density at radius 3 is 2.54 bits per heavy atom. The fourth-order valence-corrected chi connectivity index (χ4v) is 5.65. The molecule has 1 amide bonds. The summed E-state index contributed by atoms with van der Waals surface area (Å²) in [6.07, 6.45) is 5.79. The number of carbonyl (C=O) groups excluding carboxylic acids is 1. The molecule has 0 spiro atoms. The van der Waals surface area contributed by atoms with Gasteiger partial charge >= 0.3 is 0 Å². The van der Waals surface area contributed by atoms with E-state index < -0.39 is 10.0 Å². The predicted molar refractivity (Wildman–Crippen MR) is 104 cm³/mol. The average molecular weight is 419 g/mol. The van der Waals surface area contributed by atoms with Gasteiger partial charge in [-0.25, -0.2) is 12.7 Å². The molecule has 144 valence electrons. The third-order valence-corrected chi connectivity index (χ3v) is 7.74. The molecule has 26 heavy (non-hydrogen) atoms.